The van der Waals surface area contributed by atoms with Crippen LogP contribution in [-0.2, 0) is 12.8 Å². The van der Waals surface area contributed by atoms with Crippen LogP contribution in [0.5, 0.6) is 0 Å². The van der Waals surface area contributed by atoms with E-state index in [9.17, 15) is 9.59 Å². The molecule has 2 heterocycles. The molecule has 1 unspecified atom stereocenters. The summed E-state index contributed by atoms with van der Waals surface area (Å²) >= 11 is 1.45. The molecule has 0 aliphatic heterocycles. The number of nitrogens with two attached hydrogens (primary N) is 1. The molecule has 0 radical (unpaired) electrons. The Kier molecular flexibility index (Phi) is 3.55. The van der Waals surface area contributed by atoms with E-state index in [1.807, 2.05) is 0 Å². The largest absolute Gasteiger partial charge is 0.459 e. The molecule has 1 aliphatic rings. The summed E-state index contributed by atoms with van der Waals surface area (Å²) in [5.74, 6) is -0.0541. The Hall–Kier alpha value is -2.08. The Morgan fingerprint density at radius 1 is 1.48 bits per heavy atom. The maximum absolute atomic E-state index is 12.1. The topological polar surface area (TPSA) is 85.3 Å². The van der Waals surface area contributed by atoms with E-state index in [0.29, 0.717) is 16.5 Å². The van der Waals surface area contributed by atoms with Crippen LogP contribution in [0, 0.1) is 5.92 Å². The minimum Gasteiger partial charge on any atom is -0.459 e. The Morgan fingerprint density at radius 2 is 2.29 bits per heavy atom. The second-order valence-electron chi connectivity index (χ2n) is 5.35. The van der Waals surface area contributed by atoms with E-state index in [4.69, 9.17) is 10.2 Å². The molecule has 3 rings (SSSR count). The van der Waals surface area contributed by atoms with E-state index in [0.717, 1.165) is 29.7 Å². The SMILES string of the molecule is CC1CCc2c(sc(NC(=O)c3ccco3)c2C(N)=O)C1. The molecule has 3 N–H and O–H groups in total. The highest BCUT2D eigenvalue weighted by Crippen LogP contribution is 2.39. The Bertz CT molecular complexity index is 688. The van der Waals surface area contributed by atoms with Crippen molar-refractivity contribution in [2.45, 2.75) is 26.2 Å². The van der Waals surface area contributed by atoms with Gasteiger partial charge in [-0.05, 0) is 42.9 Å². The Morgan fingerprint density at radius 3 is 2.95 bits per heavy atom. The summed E-state index contributed by atoms with van der Waals surface area (Å²) in [5, 5.41) is 3.28. The van der Waals surface area contributed by atoms with Gasteiger partial charge in [-0.15, -0.1) is 11.3 Å². The molecule has 0 spiro atoms. The number of nitrogens with one attached hydrogen (secondary N) is 1. The van der Waals surface area contributed by atoms with Gasteiger partial charge in [0.05, 0.1) is 11.8 Å². The lowest BCUT2D eigenvalue weighted by atomic mass is 9.88. The molecular weight excluding hydrogens is 288 g/mol. The fourth-order valence-corrected chi connectivity index (χ4v) is 4.08. The number of primary amides is 1. The fourth-order valence-electron chi connectivity index (χ4n) is 2.67. The van der Waals surface area contributed by atoms with Crippen LogP contribution in [0.3, 0.4) is 0 Å². The van der Waals surface area contributed by atoms with E-state index in [1.54, 1.807) is 12.1 Å². The highest BCUT2D eigenvalue weighted by Gasteiger charge is 2.27. The number of furan rings is 1. The summed E-state index contributed by atoms with van der Waals surface area (Å²) in [7, 11) is 0. The fraction of sp³-hybridized carbons (Fsp3) is 0.333. The zero-order valence-corrected chi connectivity index (χ0v) is 12.5. The average molecular weight is 304 g/mol. The van der Waals surface area contributed by atoms with Crippen LogP contribution in [0.25, 0.3) is 0 Å². The van der Waals surface area contributed by atoms with Crippen LogP contribution < -0.4 is 11.1 Å². The summed E-state index contributed by atoms with van der Waals surface area (Å²) in [6, 6.07) is 3.22. The molecule has 0 saturated heterocycles. The van der Waals surface area contributed by atoms with Gasteiger partial charge in [-0.25, -0.2) is 0 Å². The van der Waals surface area contributed by atoms with Gasteiger partial charge >= 0.3 is 0 Å². The number of hydrogen-bond acceptors (Lipinski definition) is 4. The van der Waals surface area contributed by atoms with Gasteiger partial charge in [0.2, 0.25) is 0 Å². The molecule has 1 aliphatic carbocycles. The monoisotopic (exact) mass is 304 g/mol. The summed E-state index contributed by atoms with van der Waals surface area (Å²) in [5.41, 5.74) is 6.97. The number of carbonyl (C=O) groups excluding carboxylic acids is 2. The van der Waals surface area contributed by atoms with Crippen molar-refractivity contribution in [2.75, 3.05) is 5.32 Å². The van der Waals surface area contributed by atoms with Crippen molar-refractivity contribution in [1.82, 2.24) is 0 Å². The van der Waals surface area contributed by atoms with Crippen LogP contribution in [0.2, 0.25) is 0 Å². The van der Waals surface area contributed by atoms with Crippen LogP contribution in [0.15, 0.2) is 22.8 Å². The highest BCUT2D eigenvalue weighted by atomic mass is 32.1. The predicted octanol–water partition coefficient (Wildman–Crippen LogP) is 2.82. The summed E-state index contributed by atoms with van der Waals surface area (Å²) < 4.78 is 5.06. The molecule has 2 amide bonds. The van der Waals surface area contributed by atoms with Crippen molar-refractivity contribution in [3.05, 3.63) is 40.2 Å². The smallest absolute Gasteiger partial charge is 0.291 e. The first-order chi connectivity index (χ1) is 10.1. The van der Waals surface area contributed by atoms with Crippen molar-refractivity contribution in [3.8, 4) is 0 Å². The van der Waals surface area contributed by atoms with Gasteiger partial charge in [0.1, 0.15) is 5.00 Å². The lowest BCUT2D eigenvalue weighted by Gasteiger charge is -2.18. The molecule has 2 aromatic heterocycles. The molecule has 5 nitrogen and oxygen atoms in total. The van der Waals surface area contributed by atoms with Crippen LogP contribution >= 0.6 is 11.3 Å². The van der Waals surface area contributed by atoms with Crippen molar-refractivity contribution < 1.29 is 14.0 Å². The molecule has 6 heteroatoms. The number of anilines is 1. The third kappa shape index (κ3) is 2.58. The second kappa shape index (κ2) is 5.37. The van der Waals surface area contributed by atoms with Gasteiger partial charge in [0, 0.05) is 4.88 Å². The minimum absolute atomic E-state index is 0.213. The number of amides is 2. The highest BCUT2D eigenvalue weighted by molar-refractivity contribution is 7.17. The lowest BCUT2D eigenvalue weighted by Crippen LogP contribution is -2.19. The van der Waals surface area contributed by atoms with E-state index in [2.05, 4.69) is 12.2 Å². The van der Waals surface area contributed by atoms with Gasteiger partial charge in [0.15, 0.2) is 5.76 Å². The van der Waals surface area contributed by atoms with Gasteiger partial charge in [0.25, 0.3) is 11.8 Å². The Labute approximate surface area is 126 Å². The van der Waals surface area contributed by atoms with Crippen molar-refractivity contribution >= 4 is 28.2 Å². The van der Waals surface area contributed by atoms with Gasteiger partial charge in [-0.2, -0.15) is 0 Å². The minimum atomic E-state index is -0.489. The first kappa shape index (κ1) is 13.9. The standard InChI is InChI=1S/C15H16N2O3S/c1-8-4-5-9-11(7-8)21-15(12(9)13(16)18)17-14(19)10-3-2-6-20-10/h2-3,6,8H,4-5,7H2,1H3,(H2,16,18)(H,17,19). The van der Waals surface area contributed by atoms with E-state index in [-0.39, 0.29) is 11.7 Å². The number of fused-ring (bicyclic) bond motifs is 1. The van der Waals surface area contributed by atoms with E-state index >= 15 is 0 Å². The normalized spacial score (nSPS) is 17.3. The molecule has 0 fully saturated rings. The summed E-state index contributed by atoms with van der Waals surface area (Å²) in [6.07, 6.45) is 4.24. The first-order valence-corrected chi connectivity index (χ1v) is 7.67. The number of rotatable bonds is 3. The quantitative estimate of drug-likeness (QED) is 0.914. The third-order valence-electron chi connectivity index (χ3n) is 3.73. The van der Waals surface area contributed by atoms with Gasteiger partial charge in [-0.3, -0.25) is 9.59 Å². The molecule has 2 aromatic rings. The molecule has 21 heavy (non-hydrogen) atoms. The van der Waals surface area contributed by atoms with E-state index in [1.165, 1.54) is 17.6 Å². The van der Waals surface area contributed by atoms with Crippen LogP contribution in [0.4, 0.5) is 5.00 Å². The lowest BCUT2D eigenvalue weighted by molar-refractivity contribution is 0.0997. The second-order valence-corrected chi connectivity index (χ2v) is 6.46. The van der Waals surface area contributed by atoms with Crippen molar-refractivity contribution in [1.29, 1.82) is 0 Å². The number of hydrogen-bond donors (Lipinski definition) is 2. The zero-order valence-electron chi connectivity index (χ0n) is 11.6. The maximum atomic E-state index is 12.1. The Balaban J connectivity index is 1.95. The molecule has 0 bridgehead atoms. The average Bonchev–Trinajstić information content (AvgIpc) is 3.04. The number of carbonyl (C=O) groups is 2. The molecule has 0 saturated carbocycles. The zero-order chi connectivity index (χ0) is 15.0. The molecule has 1 atom stereocenters. The summed E-state index contributed by atoms with van der Waals surface area (Å²) in [4.78, 5) is 25.0. The van der Waals surface area contributed by atoms with Gasteiger partial charge in [-0.1, -0.05) is 6.92 Å². The molecule has 110 valence electrons. The predicted molar refractivity (Wildman–Crippen MR) is 80.7 cm³/mol. The first-order valence-electron chi connectivity index (χ1n) is 6.85. The van der Waals surface area contributed by atoms with Crippen molar-refractivity contribution in [3.63, 3.8) is 0 Å². The van der Waals surface area contributed by atoms with Gasteiger partial charge < -0.3 is 15.5 Å². The van der Waals surface area contributed by atoms with E-state index < -0.39 is 5.91 Å². The summed E-state index contributed by atoms with van der Waals surface area (Å²) in [6.45, 7) is 2.19. The molecule has 0 aromatic carbocycles. The van der Waals surface area contributed by atoms with Crippen molar-refractivity contribution in [2.24, 2.45) is 11.7 Å². The third-order valence-corrected chi connectivity index (χ3v) is 4.90. The molecular formula is C15H16N2O3S. The van der Waals surface area contributed by atoms with Crippen LogP contribution in [-0.4, -0.2) is 11.8 Å². The maximum Gasteiger partial charge on any atom is 0.291 e. The number of thiophene rings is 1. The van der Waals surface area contributed by atoms with Crippen LogP contribution in [0.1, 0.15) is 44.7 Å².